The molecule has 1 aromatic heterocycles. The molecule has 0 radical (unpaired) electrons. The number of carbonyl (C=O) groups excluding carboxylic acids is 1. The maximum atomic E-state index is 11.6. The largest absolute Gasteiger partial charge is 0.419 e. The standard InChI is InChI=1S/C13H16N2O3/c1-9(2)14-12(16)7-8-15-10-5-3-4-6-11(10)18-13(15)17/h3-6,9H,7-8H2,1-2H3,(H,14,16). The molecule has 96 valence electrons. The third-order valence-electron chi connectivity index (χ3n) is 2.59. The van der Waals surface area contributed by atoms with Gasteiger partial charge in [-0.3, -0.25) is 9.36 Å². The van der Waals surface area contributed by atoms with Crippen LogP contribution in [-0.4, -0.2) is 16.5 Å². The zero-order chi connectivity index (χ0) is 13.1. The molecule has 0 atom stereocenters. The molecule has 5 nitrogen and oxygen atoms in total. The minimum absolute atomic E-state index is 0.0674. The zero-order valence-corrected chi connectivity index (χ0v) is 10.5. The van der Waals surface area contributed by atoms with E-state index < -0.39 is 5.76 Å². The summed E-state index contributed by atoms with van der Waals surface area (Å²) >= 11 is 0. The Balaban J connectivity index is 2.15. The van der Waals surface area contributed by atoms with Crippen molar-refractivity contribution in [1.29, 1.82) is 0 Å². The minimum Gasteiger partial charge on any atom is -0.408 e. The fraction of sp³-hybridized carbons (Fsp3) is 0.385. The molecule has 0 spiro atoms. The highest BCUT2D eigenvalue weighted by molar-refractivity contribution is 5.77. The van der Waals surface area contributed by atoms with Crippen LogP contribution in [0.1, 0.15) is 20.3 Å². The van der Waals surface area contributed by atoms with E-state index in [9.17, 15) is 9.59 Å². The van der Waals surface area contributed by atoms with Crippen molar-refractivity contribution in [2.24, 2.45) is 0 Å². The molecule has 1 N–H and O–H groups in total. The van der Waals surface area contributed by atoms with Crippen molar-refractivity contribution in [3.8, 4) is 0 Å². The first-order valence-electron chi connectivity index (χ1n) is 5.95. The normalized spacial score (nSPS) is 11.1. The van der Waals surface area contributed by atoms with E-state index in [1.165, 1.54) is 4.57 Å². The molecule has 1 aromatic carbocycles. The van der Waals surface area contributed by atoms with E-state index in [1.807, 2.05) is 19.9 Å². The summed E-state index contributed by atoms with van der Waals surface area (Å²) in [6.07, 6.45) is 0.265. The van der Waals surface area contributed by atoms with Gasteiger partial charge in [-0.15, -0.1) is 0 Å². The molecule has 2 aromatic rings. The van der Waals surface area contributed by atoms with Gasteiger partial charge >= 0.3 is 5.76 Å². The number of hydrogen-bond acceptors (Lipinski definition) is 3. The van der Waals surface area contributed by atoms with Gasteiger partial charge < -0.3 is 9.73 Å². The van der Waals surface area contributed by atoms with Crippen LogP contribution < -0.4 is 11.1 Å². The molecule has 1 amide bonds. The van der Waals surface area contributed by atoms with Crippen molar-refractivity contribution in [1.82, 2.24) is 9.88 Å². The topological polar surface area (TPSA) is 64.2 Å². The molecule has 1 heterocycles. The van der Waals surface area contributed by atoms with Crippen LogP contribution in [0.15, 0.2) is 33.5 Å². The first-order chi connectivity index (χ1) is 8.58. The Morgan fingerprint density at radius 3 is 2.83 bits per heavy atom. The highest BCUT2D eigenvalue weighted by Crippen LogP contribution is 2.11. The number of para-hydroxylation sites is 2. The molecule has 0 aliphatic carbocycles. The number of hydrogen-bond donors (Lipinski definition) is 1. The van der Waals surface area contributed by atoms with Gasteiger partial charge in [0, 0.05) is 19.0 Å². The lowest BCUT2D eigenvalue weighted by Gasteiger charge is -2.08. The van der Waals surface area contributed by atoms with Gasteiger partial charge in [0.1, 0.15) is 0 Å². The van der Waals surface area contributed by atoms with Crippen molar-refractivity contribution < 1.29 is 9.21 Å². The summed E-state index contributed by atoms with van der Waals surface area (Å²) in [4.78, 5) is 23.2. The number of oxazole rings is 1. The number of benzene rings is 1. The molecule has 0 bridgehead atoms. The van der Waals surface area contributed by atoms with E-state index >= 15 is 0 Å². The number of aryl methyl sites for hydroxylation is 1. The fourth-order valence-corrected chi connectivity index (χ4v) is 1.83. The maximum Gasteiger partial charge on any atom is 0.419 e. The molecule has 5 heteroatoms. The van der Waals surface area contributed by atoms with Crippen molar-refractivity contribution in [3.63, 3.8) is 0 Å². The summed E-state index contributed by atoms with van der Waals surface area (Å²) in [5, 5.41) is 2.79. The maximum absolute atomic E-state index is 11.6. The summed E-state index contributed by atoms with van der Waals surface area (Å²) in [5.41, 5.74) is 1.27. The van der Waals surface area contributed by atoms with Gasteiger partial charge in [0.25, 0.3) is 0 Å². The number of carbonyl (C=O) groups is 1. The summed E-state index contributed by atoms with van der Waals surface area (Å²) in [5.74, 6) is -0.490. The van der Waals surface area contributed by atoms with Crippen LogP contribution in [0.3, 0.4) is 0 Å². The molecule has 0 fully saturated rings. The molecule has 2 rings (SSSR count). The van der Waals surface area contributed by atoms with Crippen molar-refractivity contribution >= 4 is 17.0 Å². The Bertz CT molecular complexity index is 610. The molecule has 0 aliphatic rings. The molecule has 0 aliphatic heterocycles. The monoisotopic (exact) mass is 248 g/mol. The first kappa shape index (κ1) is 12.4. The Kier molecular flexibility index (Phi) is 3.50. The molecular formula is C13H16N2O3. The van der Waals surface area contributed by atoms with E-state index in [-0.39, 0.29) is 18.4 Å². The molecule has 0 saturated heterocycles. The highest BCUT2D eigenvalue weighted by Gasteiger charge is 2.10. The second-order valence-electron chi connectivity index (χ2n) is 4.46. The van der Waals surface area contributed by atoms with E-state index in [2.05, 4.69) is 5.32 Å². The summed E-state index contributed by atoms with van der Waals surface area (Å²) < 4.78 is 6.57. The van der Waals surface area contributed by atoms with E-state index in [0.717, 1.165) is 5.52 Å². The molecule has 0 saturated carbocycles. The van der Waals surface area contributed by atoms with Gasteiger partial charge in [0.05, 0.1) is 5.52 Å². The Morgan fingerprint density at radius 1 is 1.39 bits per heavy atom. The van der Waals surface area contributed by atoms with Gasteiger partial charge in [-0.05, 0) is 26.0 Å². The van der Waals surface area contributed by atoms with E-state index in [1.54, 1.807) is 18.2 Å². The predicted octanol–water partition coefficient (Wildman–Crippen LogP) is 1.51. The fourth-order valence-electron chi connectivity index (χ4n) is 1.83. The lowest BCUT2D eigenvalue weighted by Crippen LogP contribution is -2.31. The van der Waals surface area contributed by atoms with Crippen molar-refractivity contribution in [2.75, 3.05) is 0 Å². The number of nitrogens with one attached hydrogen (secondary N) is 1. The number of rotatable bonds is 4. The Hall–Kier alpha value is -2.04. The second kappa shape index (κ2) is 5.08. The lowest BCUT2D eigenvalue weighted by molar-refractivity contribution is -0.121. The number of amides is 1. The predicted molar refractivity (Wildman–Crippen MR) is 68.4 cm³/mol. The molecular weight excluding hydrogens is 232 g/mol. The number of aromatic nitrogens is 1. The van der Waals surface area contributed by atoms with Crippen LogP contribution in [0.2, 0.25) is 0 Å². The average Bonchev–Trinajstić information content (AvgIpc) is 2.61. The quantitative estimate of drug-likeness (QED) is 0.892. The second-order valence-corrected chi connectivity index (χ2v) is 4.46. The highest BCUT2D eigenvalue weighted by atomic mass is 16.4. The Labute approximate surface area is 104 Å². The number of fused-ring (bicyclic) bond motifs is 1. The summed E-state index contributed by atoms with van der Waals surface area (Å²) in [6, 6.07) is 7.29. The van der Waals surface area contributed by atoms with Crippen LogP contribution in [0, 0.1) is 0 Å². The van der Waals surface area contributed by atoms with Crippen LogP contribution >= 0.6 is 0 Å². The van der Waals surface area contributed by atoms with Gasteiger partial charge in [0.15, 0.2) is 5.58 Å². The summed E-state index contributed by atoms with van der Waals surface area (Å²) in [6.45, 7) is 4.13. The van der Waals surface area contributed by atoms with Crippen LogP contribution in [0.4, 0.5) is 0 Å². The van der Waals surface area contributed by atoms with Crippen LogP contribution in [0.5, 0.6) is 0 Å². The van der Waals surface area contributed by atoms with Gasteiger partial charge in [-0.25, -0.2) is 4.79 Å². The molecule has 18 heavy (non-hydrogen) atoms. The smallest absolute Gasteiger partial charge is 0.408 e. The first-order valence-corrected chi connectivity index (χ1v) is 5.95. The van der Waals surface area contributed by atoms with Crippen molar-refractivity contribution in [2.45, 2.75) is 32.9 Å². The van der Waals surface area contributed by atoms with Crippen molar-refractivity contribution in [3.05, 3.63) is 34.8 Å². The summed E-state index contributed by atoms with van der Waals surface area (Å²) in [7, 11) is 0. The van der Waals surface area contributed by atoms with Gasteiger partial charge in [-0.2, -0.15) is 0 Å². The third kappa shape index (κ3) is 2.61. The third-order valence-corrected chi connectivity index (χ3v) is 2.59. The zero-order valence-electron chi connectivity index (χ0n) is 10.5. The average molecular weight is 248 g/mol. The molecule has 0 unspecified atom stereocenters. The Morgan fingerprint density at radius 2 is 2.11 bits per heavy atom. The SMILES string of the molecule is CC(C)NC(=O)CCn1c(=O)oc2ccccc21. The lowest BCUT2D eigenvalue weighted by atomic mass is 10.3. The van der Waals surface area contributed by atoms with E-state index in [0.29, 0.717) is 12.1 Å². The van der Waals surface area contributed by atoms with Crippen LogP contribution in [0.25, 0.3) is 11.1 Å². The van der Waals surface area contributed by atoms with E-state index in [4.69, 9.17) is 4.42 Å². The van der Waals surface area contributed by atoms with Gasteiger partial charge in [-0.1, -0.05) is 12.1 Å². The number of nitrogens with zero attached hydrogens (tertiary/aromatic N) is 1. The van der Waals surface area contributed by atoms with Gasteiger partial charge in [0.2, 0.25) is 5.91 Å². The van der Waals surface area contributed by atoms with Crippen LogP contribution in [-0.2, 0) is 11.3 Å². The minimum atomic E-state index is -0.423.